The number of benzene rings is 1. The Balaban J connectivity index is 1.89. The van der Waals surface area contributed by atoms with Crippen LogP contribution in [-0.2, 0) is 10.8 Å². The molecule has 2 aliphatic heterocycles. The smallest absolute Gasteiger partial charge is 0.167 e. The summed E-state index contributed by atoms with van der Waals surface area (Å²) in [4.78, 5) is 12.5. The van der Waals surface area contributed by atoms with E-state index in [0.29, 0.717) is 12.8 Å². The number of carbonyl (C=O) groups is 1. The Labute approximate surface area is 119 Å². The second-order valence-electron chi connectivity index (χ2n) is 5.48. The number of hydrogen-bond donors (Lipinski definition) is 0. The fourth-order valence-electron chi connectivity index (χ4n) is 3.28. The third-order valence-corrected chi connectivity index (χ3v) is 6.47. The average Bonchev–Trinajstić information content (AvgIpc) is 2.68. The van der Waals surface area contributed by atoms with Crippen molar-refractivity contribution >= 4 is 16.6 Å². The van der Waals surface area contributed by atoms with Crippen molar-refractivity contribution in [3.63, 3.8) is 0 Å². The molecule has 2 saturated heterocycles. The number of hydrogen-bond acceptors (Lipinski definition) is 3. The molecule has 0 saturated carbocycles. The first kappa shape index (κ1) is 13.4. The van der Waals surface area contributed by atoms with Crippen molar-refractivity contribution in [2.24, 2.45) is 5.92 Å². The zero-order chi connectivity index (χ0) is 14.3. The topological polar surface area (TPSA) is 57.9 Å². The molecule has 3 nitrogen and oxygen atoms in total. The van der Waals surface area contributed by atoms with E-state index >= 15 is 0 Å². The van der Waals surface area contributed by atoms with Crippen LogP contribution in [0.15, 0.2) is 18.2 Å². The highest BCUT2D eigenvalue weighted by molar-refractivity contribution is 7.86. The van der Waals surface area contributed by atoms with Gasteiger partial charge in [0, 0.05) is 32.8 Å². The van der Waals surface area contributed by atoms with Gasteiger partial charge in [0.25, 0.3) is 0 Å². The van der Waals surface area contributed by atoms with Crippen LogP contribution in [0.3, 0.4) is 0 Å². The predicted molar refractivity (Wildman–Crippen MR) is 73.1 cm³/mol. The zero-order valence-corrected chi connectivity index (χ0v) is 11.7. The fourth-order valence-corrected chi connectivity index (χ4v) is 5.41. The lowest BCUT2D eigenvalue weighted by Crippen LogP contribution is -2.32. The molecular formula is C15H14FNO2S. The molecule has 0 radical (unpaired) electrons. The second-order valence-corrected chi connectivity index (χ2v) is 7.47. The summed E-state index contributed by atoms with van der Waals surface area (Å²) in [5.41, 5.74) is 0.389. The third-order valence-electron chi connectivity index (χ3n) is 4.30. The highest BCUT2D eigenvalue weighted by atomic mass is 32.2. The van der Waals surface area contributed by atoms with E-state index in [0.717, 1.165) is 18.9 Å². The number of rotatable bonds is 2. The Hall–Kier alpha value is -1.54. The fraction of sp³-hybridized carbons (Fsp3) is 0.467. The van der Waals surface area contributed by atoms with Crippen LogP contribution in [0.5, 0.6) is 0 Å². The molecule has 1 aromatic carbocycles. The van der Waals surface area contributed by atoms with Gasteiger partial charge in [0.2, 0.25) is 0 Å². The van der Waals surface area contributed by atoms with Crippen LogP contribution in [0.4, 0.5) is 4.39 Å². The van der Waals surface area contributed by atoms with E-state index in [1.54, 1.807) is 0 Å². The van der Waals surface area contributed by atoms with Crippen molar-refractivity contribution in [3.05, 3.63) is 35.1 Å². The maximum atomic E-state index is 13.3. The summed E-state index contributed by atoms with van der Waals surface area (Å²) in [5, 5.41) is 9.24. The SMILES string of the molecule is N#Cc1ccc(F)cc1C(=O)C1CC2CCC(C1)S2=O. The number of nitriles is 1. The van der Waals surface area contributed by atoms with Crippen molar-refractivity contribution in [2.75, 3.05) is 0 Å². The lowest BCUT2D eigenvalue weighted by molar-refractivity contribution is 0.0905. The molecule has 2 aliphatic rings. The van der Waals surface area contributed by atoms with Gasteiger partial charge < -0.3 is 0 Å². The Morgan fingerprint density at radius 3 is 2.55 bits per heavy atom. The van der Waals surface area contributed by atoms with Gasteiger partial charge in [0.15, 0.2) is 5.78 Å². The molecular weight excluding hydrogens is 277 g/mol. The van der Waals surface area contributed by atoms with E-state index in [2.05, 4.69) is 0 Å². The molecule has 0 aliphatic carbocycles. The number of ketones is 1. The minimum Gasteiger partial charge on any atom is -0.294 e. The van der Waals surface area contributed by atoms with Crippen molar-refractivity contribution in [2.45, 2.75) is 36.2 Å². The highest BCUT2D eigenvalue weighted by Crippen LogP contribution is 2.40. The summed E-state index contributed by atoms with van der Waals surface area (Å²) in [6.45, 7) is 0. The number of nitrogens with zero attached hydrogens (tertiary/aromatic N) is 1. The van der Waals surface area contributed by atoms with E-state index in [-0.39, 0.29) is 33.3 Å². The summed E-state index contributed by atoms with van der Waals surface area (Å²) in [5.74, 6) is -0.900. The molecule has 0 amide bonds. The van der Waals surface area contributed by atoms with Crippen LogP contribution in [-0.4, -0.2) is 20.5 Å². The van der Waals surface area contributed by atoms with Crippen LogP contribution in [0.1, 0.15) is 41.6 Å². The maximum Gasteiger partial charge on any atom is 0.167 e. The normalized spacial score (nSPS) is 31.8. The molecule has 0 N–H and O–H groups in total. The van der Waals surface area contributed by atoms with Gasteiger partial charge >= 0.3 is 0 Å². The van der Waals surface area contributed by atoms with E-state index in [9.17, 15) is 13.4 Å². The molecule has 104 valence electrons. The molecule has 1 aromatic rings. The van der Waals surface area contributed by atoms with E-state index in [1.165, 1.54) is 12.1 Å². The first-order chi connectivity index (χ1) is 9.60. The Morgan fingerprint density at radius 1 is 1.30 bits per heavy atom. The summed E-state index contributed by atoms with van der Waals surface area (Å²) < 4.78 is 25.3. The van der Waals surface area contributed by atoms with Gasteiger partial charge in [-0.05, 0) is 43.9 Å². The van der Waals surface area contributed by atoms with Crippen LogP contribution < -0.4 is 0 Å². The lowest BCUT2D eigenvalue weighted by Gasteiger charge is -2.26. The van der Waals surface area contributed by atoms with Gasteiger partial charge in [-0.15, -0.1) is 0 Å². The Morgan fingerprint density at radius 2 is 1.95 bits per heavy atom. The van der Waals surface area contributed by atoms with E-state index in [4.69, 9.17) is 5.26 Å². The Kier molecular flexibility index (Phi) is 3.43. The number of fused-ring (bicyclic) bond motifs is 2. The lowest BCUT2D eigenvalue weighted by atomic mass is 9.88. The molecule has 2 fully saturated rings. The van der Waals surface area contributed by atoms with Crippen LogP contribution in [0.25, 0.3) is 0 Å². The molecule has 5 heteroatoms. The number of Topliss-reactive ketones (excluding diaryl/α,β-unsaturated/α-hetero) is 1. The molecule has 0 spiro atoms. The summed E-state index contributed by atoms with van der Waals surface area (Å²) in [7, 11) is -0.815. The van der Waals surface area contributed by atoms with Gasteiger partial charge in [-0.3, -0.25) is 9.00 Å². The van der Waals surface area contributed by atoms with Gasteiger partial charge in [0.1, 0.15) is 5.82 Å². The van der Waals surface area contributed by atoms with Crippen molar-refractivity contribution in [1.29, 1.82) is 5.26 Å². The maximum absolute atomic E-state index is 13.3. The largest absolute Gasteiger partial charge is 0.294 e. The zero-order valence-electron chi connectivity index (χ0n) is 10.8. The molecule has 0 aromatic heterocycles. The molecule has 2 bridgehead atoms. The van der Waals surface area contributed by atoms with Crippen molar-refractivity contribution in [1.82, 2.24) is 0 Å². The number of carbonyl (C=O) groups excluding carboxylic acids is 1. The molecule has 3 rings (SSSR count). The minimum atomic E-state index is -0.815. The van der Waals surface area contributed by atoms with Crippen LogP contribution in [0.2, 0.25) is 0 Å². The monoisotopic (exact) mass is 291 g/mol. The Bertz CT molecular complexity index is 621. The molecule has 20 heavy (non-hydrogen) atoms. The molecule has 2 unspecified atom stereocenters. The second kappa shape index (κ2) is 5.10. The average molecular weight is 291 g/mol. The highest BCUT2D eigenvalue weighted by Gasteiger charge is 2.43. The minimum absolute atomic E-state index is 0.0989. The van der Waals surface area contributed by atoms with Crippen molar-refractivity contribution < 1.29 is 13.4 Å². The van der Waals surface area contributed by atoms with E-state index < -0.39 is 16.6 Å². The van der Waals surface area contributed by atoms with Gasteiger partial charge in [-0.1, -0.05) is 0 Å². The quantitative estimate of drug-likeness (QED) is 0.787. The third kappa shape index (κ3) is 2.18. The summed E-state index contributed by atoms with van der Waals surface area (Å²) in [6, 6.07) is 5.62. The van der Waals surface area contributed by atoms with Crippen molar-refractivity contribution in [3.8, 4) is 6.07 Å². The first-order valence-electron chi connectivity index (χ1n) is 6.73. The number of halogens is 1. The van der Waals surface area contributed by atoms with E-state index in [1.807, 2.05) is 6.07 Å². The summed E-state index contributed by atoms with van der Waals surface area (Å²) >= 11 is 0. The van der Waals surface area contributed by atoms with Gasteiger partial charge in [-0.25, -0.2) is 4.39 Å². The predicted octanol–water partition coefficient (Wildman–Crippen LogP) is 2.57. The van der Waals surface area contributed by atoms with Crippen LogP contribution >= 0.6 is 0 Å². The molecule has 2 atom stereocenters. The first-order valence-corrected chi connectivity index (χ1v) is 8.01. The summed E-state index contributed by atoms with van der Waals surface area (Å²) in [6.07, 6.45) is 3.03. The van der Waals surface area contributed by atoms with Gasteiger partial charge in [-0.2, -0.15) is 5.26 Å². The van der Waals surface area contributed by atoms with Gasteiger partial charge in [0.05, 0.1) is 11.6 Å². The van der Waals surface area contributed by atoms with Crippen LogP contribution in [0, 0.1) is 23.1 Å². The standard InChI is InChI=1S/C15H14FNO2S/c16-11-2-1-9(8-17)14(7-11)15(18)10-5-12-3-4-13(6-10)20(12)19/h1-2,7,10,12-13H,3-6H2. The molecule has 2 heterocycles.